The average molecular weight is 344 g/mol. The van der Waals surface area contributed by atoms with Gasteiger partial charge < -0.3 is 24.5 Å². The maximum Gasteiger partial charge on any atom is 0.287 e. The van der Waals surface area contributed by atoms with Crippen molar-refractivity contribution in [3.05, 3.63) is 53.5 Å². The van der Waals surface area contributed by atoms with Crippen molar-refractivity contribution in [2.45, 2.75) is 32.0 Å². The molecule has 2 atom stereocenters. The van der Waals surface area contributed by atoms with E-state index in [0.717, 1.165) is 12.0 Å². The van der Waals surface area contributed by atoms with Crippen LogP contribution in [0.3, 0.4) is 0 Å². The number of hydrogen-bond donors (Lipinski definition) is 2. The maximum atomic E-state index is 12.4. The van der Waals surface area contributed by atoms with Gasteiger partial charge in [-0.05, 0) is 31.0 Å². The number of benzene rings is 1. The standard InChI is InChI=1S/C19H24N2O4/c1-13-9-14-5-3-4-6-17(14)21(13)11-15-7-8-25-18(15)19(23)20-10-16(22)12-24-2/h3-8,13,16,22H,9-12H2,1-2H3,(H,20,23). The van der Waals surface area contributed by atoms with E-state index in [2.05, 4.69) is 35.3 Å². The minimum Gasteiger partial charge on any atom is -0.459 e. The third-order valence-corrected chi connectivity index (χ3v) is 4.50. The van der Waals surface area contributed by atoms with Crippen LogP contribution in [0.4, 0.5) is 5.69 Å². The van der Waals surface area contributed by atoms with Gasteiger partial charge in [-0.2, -0.15) is 0 Å². The normalized spacial score (nSPS) is 17.4. The highest BCUT2D eigenvalue weighted by atomic mass is 16.5. The van der Waals surface area contributed by atoms with Crippen molar-refractivity contribution in [1.82, 2.24) is 5.32 Å². The van der Waals surface area contributed by atoms with Crippen LogP contribution < -0.4 is 10.2 Å². The highest BCUT2D eigenvalue weighted by Crippen LogP contribution is 2.33. The van der Waals surface area contributed by atoms with Crippen molar-refractivity contribution < 1.29 is 19.1 Å². The molecule has 0 radical (unpaired) electrons. The summed E-state index contributed by atoms with van der Waals surface area (Å²) in [7, 11) is 1.50. The molecule has 0 saturated heterocycles. The third-order valence-electron chi connectivity index (χ3n) is 4.50. The molecule has 6 heteroatoms. The van der Waals surface area contributed by atoms with Crippen LogP contribution in [0, 0.1) is 0 Å². The predicted molar refractivity (Wildman–Crippen MR) is 94.7 cm³/mol. The molecule has 0 spiro atoms. The van der Waals surface area contributed by atoms with Crippen molar-refractivity contribution in [3.63, 3.8) is 0 Å². The first-order valence-corrected chi connectivity index (χ1v) is 8.46. The summed E-state index contributed by atoms with van der Waals surface area (Å²) in [5.41, 5.74) is 3.37. The lowest BCUT2D eigenvalue weighted by Gasteiger charge is -2.24. The van der Waals surface area contributed by atoms with Crippen molar-refractivity contribution in [2.75, 3.05) is 25.2 Å². The second kappa shape index (κ2) is 7.72. The molecule has 0 saturated carbocycles. The molecule has 1 aliphatic heterocycles. The van der Waals surface area contributed by atoms with Crippen LogP contribution in [0.25, 0.3) is 0 Å². The Kier molecular flexibility index (Phi) is 5.40. The number of furan rings is 1. The molecule has 3 rings (SSSR count). The number of methoxy groups -OCH3 is 1. The largest absolute Gasteiger partial charge is 0.459 e. The van der Waals surface area contributed by atoms with E-state index in [9.17, 15) is 9.90 Å². The van der Waals surface area contributed by atoms with E-state index >= 15 is 0 Å². The Morgan fingerprint density at radius 2 is 2.24 bits per heavy atom. The first kappa shape index (κ1) is 17.5. The third kappa shape index (κ3) is 3.86. The molecule has 25 heavy (non-hydrogen) atoms. The predicted octanol–water partition coefficient (Wildman–Crippen LogP) is 1.97. The van der Waals surface area contributed by atoms with E-state index in [1.807, 2.05) is 12.1 Å². The zero-order valence-electron chi connectivity index (χ0n) is 14.6. The van der Waals surface area contributed by atoms with Crippen molar-refractivity contribution >= 4 is 11.6 Å². The number of fused-ring (bicyclic) bond motifs is 1. The Morgan fingerprint density at radius 3 is 3.04 bits per heavy atom. The zero-order valence-corrected chi connectivity index (χ0v) is 14.6. The smallest absolute Gasteiger partial charge is 0.287 e. The Morgan fingerprint density at radius 1 is 1.44 bits per heavy atom. The number of ether oxygens (including phenoxy) is 1. The fraction of sp³-hybridized carbons (Fsp3) is 0.421. The molecular weight excluding hydrogens is 320 g/mol. The number of hydrogen-bond acceptors (Lipinski definition) is 5. The number of amides is 1. The van der Waals surface area contributed by atoms with Gasteiger partial charge in [-0.3, -0.25) is 4.79 Å². The fourth-order valence-electron chi connectivity index (χ4n) is 3.26. The van der Waals surface area contributed by atoms with Crippen molar-refractivity contribution in [2.24, 2.45) is 0 Å². The Labute approximate surface area is 147 Å². The summed E-state index contributed by atoms with van der Waals surface area (Å²) in [5, 5.41) is 12.3. The molecule has 1 amide bonds. The highest BCUT2D eigenvalue weighted by Gasteiger charge is 2.27. The molecule has 0 aliphatic carbocycles. The van der Waals surface area contributed by atoms with E-state index in [-0.39, 0.29) is 19.1 Å². The Bertz CT molecular complexity index is 728. The fourth-order valence-corrected chi connectivity index (χ4v) is 3.26. The van der Waals surface area contributed by atoms with Crippen LogP contribution >= 0.6 is 0 Å². The zero-order chi connectivity index (χ0) is 17.8. The quantitative estimate of drug-likeness (QED) is 0.803. The van der Waals surface area contributed by atoms with Gasteiger partial charge in [0.05, 0.1) is 19.0 Å². The lowest BCUT2D eigenvalue weighted by atomic mass is 10.1. The summed E-state index contributed by atoms with van der Waals surface area (Å²) in [4.78, 5) is 14.6. The molecule has 1 aliphatic rings. The van der Waals surface area contributed by atoms with Gasteiger partial charge in [0.2, 0.25) is 0 Å². The van der Waals surface area contributed by atoms with Crippen LogP contribution in [0.1, 0.15) is 28.6 Å². The second-order valence-corrected chi connectivity index (χ2v) is 6.40. The van der Waals surface area contributed by atoms with Gasteiger partial charge in [0.1, 0.15) is 0 Å². The van der Waals surface area contributed by atoms with E-state index in [4.69, 9.17) is 9.15 Å². The van der Waals surface area contributed by atoms with Crippen LogP contribution in [-0.2, 0) is 17.7 Å². The number of para-hydroxylation sites is 1. The monoisotopic (exact) mass is 344 g/mol. The van der Waals surface area contributed by atoms with E-state index < -0.39 is 6.10 Å². The number of anilines is 1. The first-order valence-electron chi connectivity index (χ1n) is 8.46. The highest BCUT2D eigenvalue weighted by molar-refractivity contribution is 5.93. The maximum absolute atomic E-state index is 12.4. The molecule has 2 N–H and O–H groups in total. The summed E-state index contributed by atoms with van der Waals surface area (Å²) in [6, 6.07) is 10.5. The summed E-state index contributed by atoms with van der Waals surface area (Å²) in [6.45, 7) is 3.09. The SMILES string of the molecule is COCC(O)CNC(=O)c1occc1CN1c2ccccc2CC1C. The minimum atomic E-state index is -0.738. The van der Waals surface area contributed by atoms with Crippen LogP contribution in [0.5, 0.6) is 0 Å². The van der Waals surface area contributed by atoms with Gasteiger partial charge in [0.15, 0.2) is 5.76 Å². The molecule has 1 aromatic carbocycles. The van der Waals surface area contributed by atoms with Crippen LogP contribution in [0.15, 0.2) is 41.0 Å². The average Bonchev–Trinajstić information content (AvgIpc) is 3.18. The number of aliphatic hydroxyl groups excluding tert-OH is 1. The minimum absolute atomic E-state index is 0.121. The molecule has 2 unspecified atom stereocenters. The molecule has 0 fully saturated rings. The molecule has 0 bridgehead atoms. The van der Waals surface area contributed by atoms with E-state index in [1.54, 1.807) is 0 Å². The summed E-state index contributed by atoms with van der Waals surface area (Å²) in [5.74, 6) is -0.0310. The van der Waals surface area contributed by atoms with E-state index in [1.165, 1.54) is 24.6 Å². The Hall–Kier alpha value is -2.31. The molecule has 6 nitrogen and oxygen atoms in total. The second-order valence-electron chi connectivity index (χ2n) is 6.40. The van der Waals surface area contributed by atoms with Gasteiger partial charge >= 0.3 is 0 Å². The van der Waals surface area contributed by atoms with Crippen LogP contribution in [0.2, 0.25) is 0 Å². The van der Waals surface area contributed by atoms with Crippen molar-refractivity contribution in [3.8, 4) is 0 Å². The number of nitrogens with zero attached hydrogens (tertiary/aromatic N) is 1. The summed E-state index contributed by atoms with van der Waals surface area (Å²) >= 11 is 0. The van der Waals surface area contributed by atoms with Gasteiger partial charge in [-0.15, -0.1) is 0 Å². The number of nitrogens with one attached hydrogen (secondary N) is 1. The van der Waals surface area contributed by atoms with Gasteiger partial charge in [0.25, 0.3) is 5.91 Å². The molecule has 1 aromatic heterocycles. The topological polar surface area (TPSA) is 74.9 Å². The number of aliphatic hydroxyl groups is 1. The molecule has 2 aromatic rings. The Balaban J connectivity index is 1.69. The lowest BCUT2D eigenvalue weighted by Crippen LogP contribution is -2.35. The number of carbonyl (C=O) groups is 1. The number of carbonyl (C=O) groups excluding carboxylic acids is 1. The van der Waals surface area contributed by atoms with E-state index in [0.29, 0.717) is 18.3 Å². The molecule has 2 heterocycles. The lowest BCUT2D eigenvalue weighted by molar-refractivity contribution is 0.0603. The van der Waals surface area contributed by atoms with Gasteiger partial charge in [-0.1, -0.05) is 18.2 Å². The number of rotatable bonds is 7. The van der Waals surface area contributed by atoms with Crippen LogP contribution in [-0.4, -0.2) is 43.4 Å². The van der Waals surface area contributed by atoms with Gasteiger partial charge in [-0.25, -0.2) is 0 Å². The summed E-state index contributed by atoms with van der Waals surface area (Å²) < 4.78 is 10.3. The first-order chi connectivity index (χ1) is 12.1. The molecule has 134 valence electrons. The summed E-state index contributed by atoms with van der Waals surface area (Å²) in [6.07, 6.45) is 1.79. The van der Waals surface area contributed by atoms with Gasteiger partial charge in [0, 0.05) is 37.5 Å². The van der Waals surface area contributed by atoms with Crippen molar-refractivity contribution in [1.29, 1.82) is 0 Å². The molecular formula is C19H24N2O4.